The summed E-state index contributed by atoms with van der Waals surface area (Å²) < 4.78 is 7.39. The lowest BCUT2D eigenvalue weighted by Crippen LogP contribution is -2.33. The average Bonchev–Trinajstić information content (AvgIpc) is 3.28. The number of allylic oxidation sites excluding steroid dienone is 2. The zero-order valence-corrected chi connectivity index (χ0v) is 13.4. The first-order chi connectivity index (χ1) is 11.2. The molecule has 0 saturated heterocycles. The second-order valence-corrected chi connectivity index (χ2v) is 6.69. The number of carbonyl (C=O) groups excluding carboxylic acids is 1. The molecule has 2 aliphatic rings. The fourth-order valence-electron chi connectivity index (χ4n) is 4.11. The number of nitrogens with one attached hydrogen (secondary N) is 1. The molecule has 1 heterocycles. The van der Waals surface area contributed by atoms with Gasteiger partial charge in [-0.15, -0.1) is 0 Å². The summed E-state index contributed by atoms with van der Waals surface area (Å²) in [5.41, 5.74) is 0.980. The number of fused-ring (bicyclic) bond motifs is 3. The largest absolute Gasteiger partial charge is 0.495 e. The van der Waals surface area contributed by atoms with E-state index < -0.39 is 0 Å². The average molecular weight is 310 g/mol. The van der Waals surface area contributed by atoms with Crippen molar-refractivity contribution in [1.82, 2.24) is 9.88 Å². The summed E-state index contributed by atoms with van der Waals surface area (Å²) in [4.78, 5) is 12.3. The fourth-order valence-corrected chi connectivity index (χ4v) is 4.11. The van der Waals surface area contributed by atoms with Crippen molar-refractivity contribution in [3.8, 4) is 5.75 Å². The second-order valence-electron chi connectivity index (χ2n) is 6.69. The van der Waals surface area contributed by atoms with Gasteiger partial charge in [0.15, 0.2) is 0 Å². The molecule has 4 nitrogen and oxygen atoms in total. The molecule has 23 heavy (non-hydrogen) atoms. The molecule has 2 bridgehead atoms. The van der Waals surface area contributed by atoms with Gasteiger partial charge in [0.1, 0.15) is 12.3 Å². The van der Waals surface area contributed by atoms with E-state index in [0.717, 1.165) is 29.1 Å². The van der Waals surface area contributed by atoms with Crippen molar-refractivity contribution in [2.45, 2.75) is 19.4 Å². The minimum Gasteiger partial charge on any atom is -0.495 e. The number of aromatic nitrogens is 1. The minimum atomic E-state index is 0.0696. The Labute approximate surface area is 136 Å². The van der Waals surface area contributed by atoms with Crippen molar-refractivity contribution >= 4 is 16.8 Å². The third kappa shape index (κ3) is 2.62. The van der Waals surface area contributed by atoms with E-state index in [9.17, 15) is 4.79 Å². The van der Waals surface area contributed by atoms with Gasteiger partial charge in [-0.2, -0.15) is 0 Å². The number of amides is 1. The Kier molecular flexibility index (Phi) is 3.60. The van der Waals surface area contributed by atoms with Crippen molar-refractivity contribution in [3.05, 3.63) is 42.6 Å². The van der Waals surface area contributed by atoms with Gasteiger partial charge in [0, 0.05) is 18.1 Å². The lowest BCUT2D eigenvalue weighted by atomic mass is 9.94. The Morgan fingerprint density at radius 3 is 2.96 bits per heavy atom. The van der Waals surface area contributed by atoms with Crippen LogP contribution in [0.5, 0.6) is 5.75 Å². The first kappa shape index (κ1) is 14.4. The smallest absolute Gasteiger partial charge is 0.239 e. The van der Waals surface area contributed by atoms with E-state index >= 15 is 0 Å². The van der Waals surface area contributed by atoms with E-state index in [1.54, 1.807) is 7.11 Å². The Morgan fingerprint density at radius 2 is 2.22 bits per heavy atom. The lowest BCUT2D eigenvalue weighted by molar-refractivity contribution is -0.121. The van der Waals surface area contributed by atoms with Gasteiger partial charge in [-0.3, -0.25) is 4.79 Å². The standard InChI is InChI=1S/C19H22N2O2/c1-23-17-4-2-3-14-7-8-21(19(14)17)12-18(22)20-11-16-10-13-5-6-15(16)9-13/h2-8,13,15-16H,9-12H2,1H3,(H,20,22). The Bertz CT molecular complexity index is 762. The van der Waals surface area contributed by atoms with Crippen molar-refractivity contribution < 1.29 is 9.53 Å². The summed E-state index contributed by atoms with van der Waals surface area (Å²) in [6.45, 7) is 1.13. The van der Waals surface area contributed by atoms with Gasteiger partial charge in [0.25, 0.3) is 0 Å². The summed E-state index contributed by atoms with van der Waals surface area (Å²) in [6.07, 6.45) is 9.12. The molecule has 4 heteroatoms. The Morgan fingerprint density at radius 1 is 1.30 bits per heavy atom. The van der Waals surface area contributed by atoms with Gasteiger partial charge in [0.2, 0.25) is 5.91 Å². The molecule has 1 N–H and O–H groups in total. The molecule has 0 aliphatic heterocycles. The number of methoxy groups -OCH3 is 1. The highest BCUT2D eigenvalue weighted by Crippen LogP contribution is 2.42. The van der Waals surface area contributed by atoms with Crippen LogP contribution in [0.25, 0.3) is 10.9 Å². The first-order valence-corrected chi connectivity index (χ1v) is 8.31. The van der Waals surface area contributed by atoms with E-state index in [4.69, 9.17) is 4.74 Å². The van der Waals surface area contributed by atoms with Gasteiger partial charge in [0.05, 0.1) is 12.6 Å². The van der Waals surface area contributed by atoms with Crippen LogP contribution in [0.15, 0.2) is 42.6 Å². The topological polar surface area (TPSA) is 43.3 Å². The van der Waals surface area contributed by atoms with E-state index in [1.807, 2.05) is 35.0 Å². The van der Waals surface area contributed by atoms with Crippen LogP contribution in [0.4, 0.5) is 0 Å². The molecule has 1 saturated carbocycles. The number of nitrogens with zero attached hydrogens (tertiary/aromatic N) is 1. The maximum absolute atomic E-state index is 12.3. The van der Waals surface area contributed by atoms with Crippen LogP contribution in [0.3, 0.4) is 0 Å². The van der Waals surface area contributed by atoms with Crippen LogP contribution in [-0.4, -0.2) is 24.1 Å². The molecule has 1 fully saturated rings. The van der Waals surface area contributed by atoms with Gasteiger partial charge >= 0.3 is 0 Å². The molecule has 1 amide bonds. The predicted molar refractivity (Wildman–Crippen MR) is 90.3 cm³/mol. The number of para-hydroxylation sites is 1. The van der Waals surface area contributed by atoms with Gasteiger partial charge in [-0.05, 0) is 42.7 Å². The molecular formula is C19H22N2O2. The van der Waals surface area contributed by atoms with Crippen molar-refractivity contribution in [1.29, 1.82) is 0 Å². The van der Waals surface area contributed by atoms with Crippen LogP contribution in [0, 0.1) is 17.8 Å². The third-order valence-corrected chi connectivity index (χ3v) is 5.26. The van der Waals surface area contributed by atoms with Crippen LogP contribution >= 0.6 is 0 Å². The molecule has 2 aromatic rings. The highest BCUT2D eigenvalue weighted by Gasteiger charge is 2.35. The minimum absolute atomic E-state index is 0.0696. The summed E-state index contributed by atoms with van der Waals surface area (Å²) in [6, 6.07) is 7.95. The quantitative estimate of drug-likeness (QED) is 0.863. The van der Waals surface area contributed by atoms with Crippen LogP contribution in [-0.2, 0) is 11.3 Å². The van der Waals surface area contributed by atoms with E-state index in [2.05, 4.69) is 17.5 Å². The van der Waals surface area contributed by atoms with Crippen molar-refractivity contribution in [2.24, 2.45) is 17.8 Å². The second kappa shape index (κ2) is 5.76. The van der Waals surface area contributed by atoms with Crippen molar-refractivity contribution in [3.63, 3.8) is 0 Å². The highest BCUT2D eigenvalue weighted by atomic mass is 16.5. The number of benzene rings is 1. The molecule has 120 valence electrons. The first-order valence-electron chi connectivity index (χ1n) is 8.31. The number of hydrogen-bond acceptors (Lipinski definition) is 2. The maximum atomic E-state index is 12.3. The Balaban J connectivity index is 1.42. The van der Waals surface area contributed by atoms with E-state index in [0.29, 0.717) is 18.4 Å². The number of hydrogen-bond donors (Lipinski definition) is 1. The normalized spacial score (nSPS) is 25.2. The number of ether oxygens (including phenoxy) is 1. The molecule has 0 spiro atoms. The number of carbonyl (C=O) groups is 1. The van der Waals surface area contributed by atoms with Gasteiger partial charge < -0.3 is 14.6 Å². The van der Waals surface area contributed by atoms with Gasteiger partial charge in [-0.25, -0.2) is 0 Å². The van der Waals surface area contributed by atoms with E-state index in [1.165, 1.54) is 12.8 Å². The van der Waals surface area contributed by atoms with E-state index in [-0.39, 0.29) is 5.91 Å². The maximum Gasteiger partial charge on any atom is 0.239 e. The predicted octanol–water partition coefficient (Wildman–Crippen LogP) is 2.98. The molecule has 3 atom stereocenters. The summed E-state index contributed by atoms with van der Waals surface area (Å²) in [7, 11) is 1.66. The van der Waals surface area contributed by atoms with Gasteiger partial charge in [-0.1, -0.05) is 24.3 Å². The zero-order chi connectivity index (χ0) is 15.8. The Hall–Kier alpha value is -2.23. The molecule has 3 unspecified atom stereocenters. The third-order valence-electron chi connectivity index (χ3n) is 5.26. The zero-order valence-electron chi connectivity index (χ0n) is 13.4. The molecule has 1 aromatic carbocycles. The summed E-state index contributed by atoms with van der Waals surface area (Å²) >= 11 is 0. The highest BCUT2D eigenvalue weighted by molar-refractivity contribution is 5.87. The lowest BCUT2D eigenvalue weighted by Gasteiger charge is -2.18. The van der Waals surface area contributed by atoms with Crippen LogP contribution < -0.4 is 10.1 Å². The molecular weight excluding hydrogens is 288 g/mol. The molecule has 2 aliphatic carbocycles. The number of rotatable bonds is 5. The molecule has 0 radical (unpaired) electrons. The summed E-state index contributed by atoms with van der Waals surface area (Å²) in [5.74, 6) is 2.91. The summed E-state index contributed by atoms with van der Waals surface area (Å²) in [5, 5.41) is 4.21. The van der Waals surface area contributed by atoms with Crippen LogP contribution in [0.1, 0.15) is 12.8 Å². The van der Waals surface area contributed by atoms with Crippen LogP contribution in [0.2, 0.25) is 0 Å². The fraction of sp³-hybridized carbons (Fsp3) is 0.421. The molecule has 1 aromatic heterocycles. The SMILES string of the molecule is COc1cccc2ccn(CC(=O)NCC3CC4C=CC3C4)c12. The molecule has 4 rings (SSSR count). The monoisotopic (exact) mass is 310 g/mol. The van der Waals surface area contributed by atoms with Crippen molar-refractivity contribution in [2.75, 3.05) is 13.7 Å².